The molecule has 0 aliphatic rings. The van der Waals surface area contributed by atoms with Crippen LogP contribution in [0.3, 0.4) is 0 Å². The zero-order valence-corrected chi connectivity index (χ0v) is 7.02. The van der Waals surface area contributed by atoms with Gasteiger partial charge in [-0.2, -0.15) is 0 Å². The summed E-state index contributed by atoms with van der Waals surface area (Å²) in [4.78, 5) is 4.14. The molecule has 1 rings (SSSR count). The minimum atomic E-state index is 0.712. The van der Waals surface area contributed by atoms with Gasteiger partial charge in [0.1, 0.15) is 11.0 Å². The molecule has 1 aromatic heterocycles. The maximum Gasteiger partial charge on any atom is 0.128 e. The van der Waals surface area contributed by atoms with Gasteiger partial charge in [0.15, 0.2) is 0 Å². The molecule has 0 aliphatic carbocycles. The van der Waals surface area contributed by atoms with Gasteiger partial charge in [0.2, 0.25) is 0 Å². The lowest BCUT2D eigenvalue weighted by Crippen LogP contribution is -1.96. The highest BCUT2D eigenvalue weighted by Crippen LogP contribution is 2.09. The van der Waals surface area contributed by atoms with Crippen molar-refractivity contribution in [2.75, 3.05) is 0 Å². The summed E-state index contributed by atoms with van der Waals surface area (Å²) < 4.78 is 1.91. The van der Waals surface area contributed by atoms with Crippen molar-refractivity contribution in [1.82, 2.24) is 9.55 Å². The Morgan fingerprint density at radius 3 is 2.80 bits per heavy atom. The number of aryl methyl sites for hydroxylation is 1. The van der Waals surface area contributed by atoms with Crippen molar-refractivity contribution in [3.63, 3.8) is 0 Å². The third-order valence-corrected chi connectivity index (χ3v) is 1.85. The summed E-state index contributed by atoms with van der Waals surface area (Å²) in [7, 11) is 1.93. The van der Waals surface area contributed by atoms with Gasteiger partial charge in [-0.25, -0.2) is 4.98 Å². The summed E-state index contributed by atoms with van der Waals surface area (Å²) in [6.45, 7) is 2.13. The summed E-state index contributed by atoms with van der Waals surface area (Å²) >= 11 is 5.77. The average molecular weight is 159 g/mol. The van der Waals surface area contributed by atoms with E-state index in [1.54, 1.807) is 6.20 Å². The molecule has 1 aromatic rings. The van der Waals surface area contributed by atoms with Gasteiger partial charge in [0, 0.05) is 13.5 Å². The number of hydrogen-bond acceptors (Lipinski definition) is 1. The predicted octanol–water partition coefficient (Wildman–Crippen LogP) is 2.03. The average Bonchev–Trinajstić information content (AvgIpc) is 2.20. The Kier molecular flexibility index (Phi) is 2.33. The molecule has 0 saturated heterocycles. The first kappa shape index (κ1) is 7.61. The van der Waals surface area contributed by atoms with Crippen LogP contribution in [0.4, 0.5) is 0 Å². The topological polar surface area (TPSA) is 17.8 Å². The molecule has 0 amide bonds. The second kappa shape index (κ2) is 3.06. The van der Waals surface area contributed by atoms with Crippen LogP contribution >= 0.6 is 11.6 Å². The molecule has 0 radical (unpaired) electrons. The normalized spacial score (nSPS) is 10.3. The summed E-state index contributed by atoms with van der Waals surface area (Å²) in [6.07, 6.45) is 3.80. The molecule has 0 fully saturated rings. The number of imidazole rings is 1. The SMILES string of the molecule is CCCc1ncc(Cl)n1C. The highest BCUT2D eigenvalue weighted by atomic mass is 35.5. The molecule has 0 N–H and O–H groups in total. The van der Waals surface area contributed by atoms with E-state index in [9.17, 15) is 0 Å². The fourth-order valence-electron chi connectivity index (χ4n) is 0.880. The van der Waals surface area contributed by atoms with Gasteiger partial charge in [0.25, 0.3) is 0 Å². The number of rotatable bonds is 2. The molecular formula is C7H11ClN2. The number of aromatic nitrogens is 2. The molecule has 0 saturated carbocycles. The summed E-state index contributed by atoms with van der Waals surface area (Å²) in [5, 5.41) is 0.712. The molecule has 0 bridgehead atoms. The highest BCUT2D eigenvalue weighted by molar-refractivity contribution is 6.29. The van der Waals surface area contributed by atoms with Crippen LogP contribution in [0.2, 0.25) is 5.15 Å². The van der Waals surface area contributed by atoms with E-state index < -0.39 is 0 Å². The van der Waals surface area contributed by atoms with Gasteiger partial charge in [-0.15, -0.1) is 0 Å². The molecule has 2 nitrogen and oxygen atoms in total. The molecule has 0 unspecified atom stereocenters. The van der Waals surface area contributed by atoms with E-state index in [0.717, 1.165) is 18.7 Å². The zero-order valence-electron chi connectivity index (χ0n) is 6.26. The lowest BCUT2D eigenvalue weighted by molar-refractivity contribution is 0.759. The summed E-state index contributed by atoms with van der Waals surface area (Å²) in [5.74, 6) is 1.06. The second-order valence-corrected chi connectivity index (χ2v) is 2.69. The minimum Gasteiger partial charge on any atom is -0.322 e. The Balaban J connectivity index is 2.83. The third-order valence-electron chi connectivity index (χ3n) is 1.50. The lowest BCUT2D eigenvalue weighted by Gasteiger charge is -1.98. The van der Waals surface area contributed by atoms with Crippen LogP contribution in [0, 0.1) is 0 Å². The maximum absolute atomic E-state index is 5.77. The second-order valence-electron chi connectivity index (χ2n) is 2.31. The van der Waals surface area contributed by atoms with E-state index in [-0.39, 0.29) is 0 Å². The van der Waals surface area contributed by atoms with Crippen LogP contribution in [0.5, 0.6) is 0 Å². The van der Waals surface area contributed by atoms with Crippen molar-refractivity contribution in [3.05, 3.63) is 17.2 Å². The smallest absolute Gasteiger partial charge is 0.128 e. The number of nitrogens with zero attached hydrogens (tertiary/aromatic N) is 2. The van der Waals surface area contributed by atoms with E-state index >= 15 is 0 Å². The lowest BCUT2D eigenvalue weighted by atomic mass is 10.3. The maximum atomic E-state index is 5.77. The number of halogens is 1. The predicted molar refractivity (Wildman–Crippen MR) is 42.2 cm³/mol. The van der Waals surface area contributed by atoms with Crippen molar-refractivity contribution in [3.8, 4) is 0 Å². The summed E-state index contributed by atoms with van der Waals surface area (Å²) in [5.41, 5.74) is 0. The van der Waals surface area contributed by atoms with Gasteiger partial charge >= 0.3 is 0 Å². The van der Waals surface area contributed by atoms with Crippen LogP contribution in [-0.4, -0.2) is 9.55 Å². The van der Waals surface area contributed by atoms with Gasteiger partial charge in [-0.05, 0) is 6.42 Å². The van der Waals surface area contributed by atoms with Crippen LogP contribution < -0.4 is 0 Å². The van der Waals surface area contributed by atoms with Crippen LogP contribution in [0.1, 0.15) is 19.2 Å². The van der Waals surface area contributed by atoms with Crippen LogP contribution in [-0.2, 0) is 13.5 Å². The van der Waals surface area contributed by atoms with Gasteiger partial charge in [-0.3, -0.25) is 0 Å². The van der Waals surface area contributed by atoms with Crippen molar-refractivity contribution in [1.29, 1.82) is 0 Å². The van der Waals surface area contributed by atoms with E-state index in [1.807, 2.05) is 11.6 Å². The zero-order chi connectivity index (χ0) is 7.56. The van der Waals surface area contributed by atoms with Crippen molar-refractivity contribution < 1.29 is 0 Å². The minimum absolute atomic E-state index is 0.712. The van der Waals surface area contributed by atoms with Gasteiger partial charge in [-0.1, -0.05) is 18.5 Å². The Morgan fingerprint density at radius 1 is 1.70 bits per heavy atom. The first-order valence-corrected chi connectivity index (χ1v) is 3.79. The number of hydrogen-bond donors (Lipinski definition) is 0. The molecule has 0 aromatic carbocycles. The standard InChI is InChI=1S/C7H11ClN2/c1-3-4-7-9-5-6(8)10(7)2/h5H,3-4H2,1-2H3. The molecule has 10 heavy (non-hydrogen) atoms. The largest absolute Gasteiger partial charge is 0.322 e. The Labute approximate surface area is 65.8 Å². The molecule has 1 heterocycles. The third kappa shape index (κ3) is 1.32. The Morgan fingerprint density at radius 2 is 2.40 bits per heavy atom. The van der Waals surface area contributed by atoms with E-state index in [1.165, 1.54) is 0 Å². The Bertz CT molecular complexity index is 217. The monoisotopic (exact) mass is 158 g/mol. The molecule has 0 atom stereocenters. The first-order chi connectivity index (χ1) is 4.75. The fraction of sp³-hybridized carbons (Fsp3) is 0.571. The Hall–Kier alpha value is -0.500. The van der Waals surface area contributed by atoms with Crippen LogP contribution in [0.15, 0.2) is 6.20 Å². The van der Waals surface area contributed by atoms with Crippen molar-refractivity contribution >= 4 is 11.6 Å². The van der Waals surface area contributed by atoms with Gasteiger partial charge in [0.05, 0.1) is 6.20 Å². The fourth-order valence-corrected chi connectivity index (χ4v) is 1.03. The van der Waals surface area contributed by atoms with Crippen molar-refractivity contribution in [2.24, 2.45) is 7.05 Å². The molecular weight excluding hydrogens is 148 g/mol. The molecule has 0 aliphatic heterocycles. The molecule has 56 valence electrons. The van der Waals surface area contributed by atoms with Crippen molar-refractivity contribution in [2.45, 2.75) is 19.8 Å². The van der Waals surface area contributed by atoms with E-state index in [2.05, 4.69) is 11.9 Å². The van der Waals surface area contributed by atoms with Gasteiger partial charge < -0.3 is 4.57 Å². The van der Waals surface area contributed by atoms with E-state index in [4.69, 9.17) is 11.6 Å². The molecule has 0 spiro atoms. The van der Waals surface area contributed by atoms with Crippen LogP contribution in [0.25, 0.3) is 0 Å². The highest BCUT2D eigenvalue weighted by Gasteiger charge is 2.00. The molecule has 3 heteroatoms. The van der Waals surface area contributed by atoms with E-state index in [0.29, 0.717) is 5.15 Å². The quantitative estimate of drug-likeness (QED) is 0.644. The summed E-state index contributed by atoms with van der Waals surface area (Å²) in [6, 6.07) is 0. The first-order valence-electron chi connectivity index (χ1n) is 3.41.